The van der Waals surface area contributed by atoms with Crippen molar-refractivity contribution < 1.29 is 4.79 Å². The number of hydrogen-bond acceptors (Lipinski definition) is 1. The van der Waals surface area contributed by atoms with E-state index in [0.29, 0.717) is 11.7 Å². The average Bonchev–Trinajstić information content (AvgIpc) is 1.98. The highest BCUT2D eigenvalue weighted by molar-refractivity contribution is 5.95. The molecule has 0 fully saturated rings. The van der Waals surface area contributed by atoms with Gasteiger partial charge in [0.15, 0.2) is 5.78 Å². The van der Waals surface area contributed by atoms with Gasteiger partial charge in [-0.25, -0.2) is 0 Å². The van der Waals surface area contributed by atoms with E-state index in [-0.39, 0.29) is 5.92 Å². The molecule has 0 aromatic carbocycles. The smallest absolute Gasteiger partial charge is 0.159 e. The van der Waals surface area contributed by atoms with Gasteiger partial charge in [-0.3, -0.25) is 4.79 Å². The topological polar surface area (TPSA) is 17.1 Å². The van der Waals surface area contributed by atoms with Crippen molar-refractivity contribution in [3.8, 4) is 0 Å². The van der Waals surface area contributed by atoms with Gasteiger partial charge in [0, 0.05) is 5.92 Å². The van der Waals surface area contributed by atoms with Gasteiger partial charge < -0.3 is 0 Å². The Bertz CT molecular complexity index is 167. The van der Waals surface area contributed by atoms with Crippen LogP contribution in [0.25, 0.3) is 0 Å². The maximum atomic E-state index is 10.9. The Labute approximate surface area is 55.8 Å². The third-order valence-corrected chi connectivity index (χ3v) is 2.29. The molecule has 0 N–H and O–H groups in total. The predicted octanol–water partition coefficient (Wildman–Crippen LogP) is 1.79. The summed E-state index contributed by atoms with van der Waals surface area (Å²) < 4.78 is 0. The maximum Gasteiger partial charge on any atom is 0.159 e. The van der Waals surface area contributed by atoms with Gasteiger partial charge in [-0.15, -0.1) is 0 Å². The number of rotatable bonds is 0. The molecule has 1 heteroatoms. The molecule has 0 heterocycles. The zero-order valence-electron chi connectivity index (χ0n) is 6.14. The Morgan fingerprint density at radius 3 is 2.00 bits per heavy atom. The SMILES string of the molecule is CC1=CC(=O)C(C)C1C. The normalized spacial score (nSPS) is 35.0. The van der Waals surface area contributed by atoms with Gasteiger partial charge in [0.25, 0.3) is 0 Å². The van der Waals surface area contributed by atoms with Crippen molar-refractivity contribution in [2.45, 2.75) is 20.8 Å². The standard InChI is InChI=1S/C8H12O/c1-5-4-8(9)7(3)6(5)2/h4,6-7H,1-3H3. The zero-order valence-corrected chi connectivity index (χ0v) is 6.14. The van der Waals surface area contributed by atoms with Gasteiger partial charge >= 0.3 is 0 Å². The van der Waals surface area contributed by atoms with E-state index in [1.54, 1.807) is 6.08 Å². The number of allylic oxidation sites excluding steroid dienone is 2. The Kier molecular flexibility index (Phi) is 1.43. The van der Waals surface area contributed by atoms with E-state index in [0.717, 1.165) is 0 Å². The van der Waals surface area contributed by atoms with Crippen molar-refractivity contribution in [3.63, 3.8) is 0 Å². The summed E-state index contributed by atoms with van der Waals surface area (Å²) in [5, 5.41) is 0. The molecule has 9 heavy (non-hydrogen) atoms. The molecule has 0 radical (unpaired) electrons. The summed E-state index contributed by atoms with van der Waals surface area (Å²) in [6.45, 7) is 6.10. The van der Waals surface area contributed by atoms with Crippen LogP contribution < -0.4 is 0 Å². The molecule has 0 aromatic heterocycles. The number of hydrogen-bond donors (Lipinski definition) is 0. The molecule has 0 aromatic rings. The van der Waals surface area contributed by atoms with E-state index in [1.165, 1.54) is 5.57 Å². The summed E-state index contributed by atoms with van der Waals surface area (Å²) in [4.78, 5) is 10.9. The second kappa shape index (κ2) is 1.98. The number of ketones is 1. The summed E-state index contributed by atoms with van der Waals surface area (Å²) in [5.41, 5.74) is 1.23. The molecule has 0 aliphatic heterocycles. The summed E-state index contributed by atoms with van der Waals surface area (Å²) in [6, 6.07) is 0. The third-order valence-electron chi connectivity index (χ3n) is 2.29. The second-order valence-corrected chi connectivity index (χ2v) is 2.87. The van der Waals surface area contributed by atoms with Gasteiger partial charge in [0.05, 0.1) is 0 Å². The minimum absolute atomic E-state index is 0.227. The predicted molar refractivity (Wildman–Crippen MR) is 37.1 cm³/mol. The van der Waals surface area contributed by atoms with Gasteiger partial charge in [0.1, 0.15) is 0 Å². The molecular formula is C8H12O. The molecular weight excluding hydrogens is 112 g/mol. The molecule has 0 saturated heterocycles. The summed E-state index contributed by atoms with van der Waals surface area (Å²) in [7, 11) is 0. The van der Waals surface area contributed by atoms with Crippen molar-refractivity contribution in [1.82, 2.24) is 0 Å². The molecule has 0 bridgehead atoms. The highest BCUT2D eigenvalue weighted by Crippen LogP contribution is 2.27. The average molecular weight is 124 g/mol. The van der Waals surface area contributed by atoms with E-state index in [2.05, 4.69) is 6.92 Å². The first-order valence-electron chi connectivity index (χ1n) is 3.35. The van der Waals surface area contributed by atoms with E-state index in [1.807, 2.05) is 13.8 Å². The quantitative estimate of drug-likeness (QED) is 0.481. The van der Waals surface area contributed by atoms with Crippen molar-refractivity contribution >= 4 is 5.78 Å². The summed E-state index contributed by atoms with van der Waals surface area (Å²) in [6.07, 6.45) is 1.76. The Balaban J connectivity index is 2.82. The maximum absolute atomic E-state index is 10.9. The Hall–Kier alpha value is -0.590. The van der Waals surface area contributed by atoms with Crippen LogP contribution in [0.4, 0.5) is 0 Å². The number of carbonyl (C=O) groups is 1. The van der Waals surface area contributed by atoms with Gasteiger partial charge in [-0.1, -0.05) is 19.4 Å². The highest BCUT2D eigenvalue weighted by Gasteiger charge is 2.25. The third kappa shape index (κ3) is 0.913. The molecule has 1 aliphatic rings. The molecule has 1 rings (SSSR count). The van der Waals surface area contributed by atoms with Crippen LogP contribution in [0.1, 0.15) is 20.8 Å². The fourth-order valence-corrected chi connectivity index (χ4v) is 1.13. The van der Waals surface area contributed by atoms with Crippen LogP contribution in [0.5, 0.6) is 0 Å². The van der Waals surface area contributed by atoms with Crippen LogP contribution in [0.2, 0.25) is 0 Å². The largest absolute Gasteiger partial charge is 0.295 e. The van der Waals surface area contributed by atoms with Crippen molar-refractivity contribution in [2.24, 2.45) is 11.8 Å². The fraction of sp³-hybridized carbons (Fsp3) is 0.625. The molecule has 2 atom stereocenters. The van der Waals surface area contributed by atoms with Crippen LogP contribution in [-0.2, 0) is 4.79 Å². The molecule has 1 aliphatic carbocycles. The molecule has 1 nitrogen and oxygen atoms in total. The lowest BCUT2D eigenvalue weighted by atomic mass is 9.95. The molecule has 0 amide bonds. The Morgan fingerprint density at radius 1 is 1.33 bits per heavy atom. The molecule has 0 spiro atoms. The van der Waals surface area contributed by atoms with Crippen LogP contribution in [0.15, 0.2) is 11.6 Å². The monoisotopic (exact) mass is 124 g/mol. The van der Waals surface area contributed by atoms with Crippen LogP contribution in [0, 0.1) is 11.8 Å². The Morgan fingerprint density at radius 2 is 1.89 bits per heavy atom. The lowest BCUT2D eigenvalue weighted by Crippen LogP contribution is -2.09. The lowest BCUT2D eigenvalue weighted by Gasteiger charge is -2.08. The van der Waals surface area contributed by atoms with Crippen LogP contribution in [0.3, 0.4) is 0 Å². The summed E-state index contributed by atoms with van der Waals surface area (Å²) in [5.74, 6) is 0.988. The second-order valence-electron chi connectivity index (χ2n) is 2.87. The first-order valence-corrected chi connectivity index (χ1v) is 3.35. The molecule has 2 unspecified atom stereocenters. The fourth-order valence-electron chi connectivity index (χ4n) is 1.13. The van der Waals surface area contributed by atoms with E-state index in [9.17, 15) is 4.79 Å². The van der Waals surface area contributed by atoms with E-state index >= 15 is 0 Å². The van der Waals surface area contributed by atoms with E-state index in [4.69, 9.17) is 0 Å². The molecule has 50 valence electrons. The van der Waals surface area contributed by atoms with Crippen molar-refractivity contribution in [2.75, 3.05) is 0 Å². The van der Waals surface area contributed by atoms with Crippen LogP contribution >= 0.6 is 0 Å². The highest BCUT2D eigenvalue weighted by atomic mass is 16.1. The van der Waals surface area contributed by atoms with Crippen LogP contribution in [-0.4, -0.2) is 5.78 Å². The van der Waals surface area contributed by atoms with Gasteiger partial charge in [-0.05, 0) is 18.9 Å². The first-order chi connectivity index (χ1) is 4.13. The van der Waals surface area contributed by atoms with Gasteiger partial charge in [-0.2, -0.15) is 0 Å². The van der Waals surface area contributed by atoms with E-state index < -0.39 is 0 Å². The van der Waals surface area contributed by atoms with Crippen molar-refractivity contribution in [3.05, 3.63) is 11.6 Å². The summed E-state index contributed by atoms with van der Waals surface area (Å²) >= 11 is 0. The first kappa shape index (κ1) is 6.53. The molecule has 0 saturated carbocycles. The van der Waals surface area contributed by atoms with Crippen molar-refractivity contribution in [1.29, 1.82) is 0 Å². The van der Waals surface area contributed by atoms with Gasteiger partial charge in [0.2, 0.25) is 0 Å². The lowest BCUT2D eigenvalue weighted by molar-refractivity contribution is -0.117. The minimum atomic E-state index is 0.227. The zero-order chi connectivity index (χ0) is 7.02. The number of carbonyl (C=O) groups excluding carboxylic acids is 1. The minimum Gasteiger partial charge on any atom is -0.295 e.